The minimum absolute atomic E-state index is 0.661. The molecule has 72 valence electrons. The van der Waals surface area contributed by atoms with Gasteiger partial charge in [0.05, 0.1) is 0 Å². The molecule has 1 aromatic heterocycles. The van der Waals surface area contributed by atoms with Gasteiger partial charge in [-0.2, -0.15) is 0 Å². The van der Waals surface area contributed by atoms with Gasteiger partial charge in [-0.15, -0.1) is 0 Å². The van der Waals surface area contributed by atoms with E-state index < -0.39 is 0 Å². The molecule has 0 saturated carbocycles. The maximum absolute atomic E-state index is 4.96. The van der Waals surface area contributed by atoms with Crippen molar-refractivity contribution in [2.24, 2.45) is 0 Å². The second-order valence-corrected chi connectivity index (χ2v) is 3.85. The van der Waals surface area contributed by atoms with Gasteiger partial charge in [0.2, 0.25) is 4.67 Å². The van der Waals surface area contributed by atoms with E-state index in [1.54, 1.807) is 0 Å². The van der Waals surface area contributed by atoms with E-state index in [1.807, 2.05) is 18.2 Å². The summed E-state index contributed by atoms with van der Waals surface area (Å²) in [4.78, 5) is 0. The summed E-state index contributed by atoms with van der Waals surface area (Å²) >= 11 is 3.24. The van der Waals surface area contributed by atoms with Crippen LogP contribution in [0, 0.1) is 0 Å². The second kappa shape index (κ2) is 3.96. The Morgan fingerprint density at radius 1 is 1.36 bits per heavy atom. The summed E-state index contributed by atoms with van der Waals surface area (Å²) in [7, 11) is 0. The van der Waals surface area contributed by atoms with Crippen molar-refractivity contribution in [3.8, 4) is 11.3 Å². The van der Waals surface area contributed by atoms with Gasteiger partial charge in [-0.05, 0) is 34.0 Å². The molecule has 1 aromatic carbocycles. The van der Waals surface area contributed by atoms with Crippen LogP contribution >= 0.6 is 15.9 Å². The normalized spacial score (nSPS) is 10.4. The van der Waals surface area contributed by atoms with Gasteiger partial charge in [0.1, 0.15) is 5.69 Å². The smallest absolute Gasteiger partial charge is 0.202 e. The Bertz CT molecular complexity index is 436. The number of benzene rings is 1. The molecule has 0 aliphatic rings. The third-order valence-electron chi connectivity index (χ3n) is 2.11. The quantitative estimate of drug-likeness (QED) is 0.815. The predicted octanol–water partition coefficient (Wildman–Crippen LogP) is 3.67. The average Bonchev–Trinajstić information content (AvgIpc) is 2.65. The highest BCUT2D eigenvalue weighted by atomic mass is 79.9. The molecule has 0 bridgehead atoms. The van der Waals surface area contributed by atoms with Crippen LogP contribution in [-0.2, 0) is 6.42 Å². The van der Waals surface area contributed by atoms with Gasteiger partial charge >= 0.3 is 0 Å². The topological polar surface area (TPSA) is 26.0 Å². The van der Waals surface area contributed by atoms with Gasteiger partial charge in [0.25, 0.3) is 0 Å². The van der Waals surface area contributed by atoms with Crippen LogP contribution in [0.25, 0.3) is 11.3 Å². The third-order valence-corrected chi connectivity index (χ3v) is 2.49. The summed E-state index contributed by atoms with van der Waals surface area (Å²) in [5.41, 5.74) is 3.27. The number of halogens is 1. The van der Waals surface area contributed by atoms with Crippen LogP contribution in [-0.4, -0.2) is 5.16 Å². The molecule has 0 atom stereocenters. The number of hydrogen-bond acceptors (Lipinski definition) is 2. The largest absolute Gasteiger partial charge is 0.349 e. The van der Waals surface area contributed by atoms with Crippen LogP contribution in [0.15, 0.2) is 39.5 Å². The molecular formula is C11H10BrNO. The van der Waals surface area contributed by atoms with Crippen molar-refractivity contribution < 1.29 is 4.52 Å². The zero-order valence-electron chi connectivity index (χ0n) is 7.83. The van der Waals surface area contributed by atoms with E-state index in [2.05, 4.69) is 40.1 Å². The third kappa shape index (κ3) is 1.87. The van der Waals surface area contributed by atoms with Crippen LogP contribution in [0.2, 0.25) is 0 Å². The van der Waals surface area contributed by atoms with Crippen molar-refractivity contribution in [2.45, 2.75) is 13.3 Å². The molecule has 2 rings (SSSR count). The van der Waals surface area contributed by atoms with E-state index >= 15 is 0 Å². The van der Waals surface area contributed by atoms with Crippen LogP contribution in [0.5, 0.6) is 0 Å². The van der Waals surface area contributed by atoms with Gasteiger partial charge in [0, 0.05) is 11.6 Å². The molecule has 2 nitrogen and oxygen atoms in total. The zero-order valence-corrected chi connectivity index (χ0v) is 9.41. The average molecular weight is 252 g/mol. The maximum atomic E-state index is 4.96. The lowest BCUT2D eigenvalue weighted by molar-refractivity contribution is 0.402. The molecule has 0 unspecified atom stereocenters. The molecular weight excluding hydrogens is 242 g/mol. The van der Waals surface area contributed by atoms with E-state index in [0.29, 0.717) is 4.67 Å². The molecule has 2 aromatic rings. The van der Waals surface area contributed by atoms with Gasteiger partial charge in [-0.1, -0.05) is 30.3 Å². The summed E-state index contributed by atoms with van der Waals surface area (Å²) in [6, 6.07) is 10.2. The summed E-state index contributed by atoms with van der Waals surface area (Å²) in [5.74, 6) is 0. The standard InChI is InChI=1S/C11H10BrNO/c1-2-8-4-3-5-9(6-8)10-7-11(12)14-13-10/h3-7H,2H2,1H3. The number of aromatic nitrogens is 1. The first-order valence-electron chi connectivity index (χ1n) is 4.51. The summed E-state index contributed by atoms with van der Waals surface area (Å²) in [6.45, 7) is 2.14. The van der Waals surface area contributed by atoms with Crippen molar-refractivity contribution in [1.29, 1.82) is 0 Å². The first-order valence-corrected chi connectivity index (χ1v) is 5.30. The highest BCUT2D eigenvalue weighted by Crippen LogP contribution is 2.22. The Hall–Kier alpha value is -1.09. The lowest BCUT2D eigenvalue weighted by Gasteiger charge is -1.98. The van der Waals surface area contributed by atoms with E-state index in [0.717, 1.165) is 17.7 Å². The highest BCUT2D eigenvalue weighted by Gasteiger charge is 2.04. The Labute approximate surface area is 91.1 Å². The van der Waals surface area contributed by atoms with Gasteiger partial charge < -0.3 is 4.52 Å². The first-order chi connectivity index (χ1) is 6.79. The van der Waals surface area contributed by atoms with E-state index in [9.17, 15) is 0 Å². The fourth-order valence-electron chi connectivity index (χ4n) is 1.34. The number of nitrogens with zero attached hydrogens (tertiary/aromatic N) is 1. The fraction of sp³-hybridized carbons (Fsp3) is 0.182. The second-order valence-electron chi connectivity index (χ2n) is 3.07. The zero-order chi connectivity index (χ0) is 9.97. The van der Waals surface area contributed by atoms with Crippen molar-refractivity contribution in [1.82, 2.24) is 5.16 Å². The van der Waals surface area contributed by atoms with Crippen molar-refractivity contribution in [3.05, 3.63) is 40.6 Å². The molecule has 0 saturated heterocycles. The van der Waals surface area contributed by atoms with Crippen molar-refractivity contribution in [2.75, 3.05) is 0 Å². The lowest BCUT2D eigenvalue weighted by Crippen LogP contribution is -1.81. The van der Waals surface area contributed by atoms with Crippen LogP contribution < -0.4 is 0 Å². The Morgan fingerprint density at radius 2 is 2.21 bits per heavy atom. The molecule has 3 heteroatoms. The summed E-state index contributed by atoms with van der Waals surface area (Å²) in [6.07, 6.45) is 1.03. The lowest BCUT2D eigenvalue weighted by atomic mass is 10.1. The Kier molecular flexibility index (Phi) is 2.68. The number of rotatable bonds is 2. The molecule has 0 N–H and O–H groups in total. The van der Waals surface area contributed by atoms with E-state index in [-0.39, 0.29) is 0 Å². The van der Waals surface area contributed by atoms with Crippen LogP contribution in [0.3, 0.4) is 0 Å². The monoisotopic (exact) mass is 251 g/mol. The number of aryl methyl sites for hydroxylation is 1. The minimum atomic E-state index is 0.661. The SMILES string of the molecule is CCc1cccc(-c2cc(Br)on2)c1. The highest BCUT2D eigenvalue weighted by molar-refractivity contribution is 9.10. The fourth-order valence-corrected chi connectivity index (χ4v) is 1.63. The Balaban J connectivity index is 2.41. The molecule has 0 aliphatic carbocycles. The van der Waals surface area contributed by atoms with Crippen LogP contribution in [0.4, 0.5) is 0 Å². The van der Waals surface area contributed by atoms with Gasteiger partial charge in [-0.25, -0.2) is 0 Å². The van der Waals surface area contributed by atoms with Crippen LogP contribution in [0.1, 0.15) is 12.5 Å². The molecule has 0 radical (unpaired) electrons. The molecule has 0 spiro atoms. The van der Waals surface area contributed by atoms with Crippen molar-refractivity contribution in [3.63, 3.8) is 0 Å². The van der Waals surface area contributed by atoms with Crippen molar-refractivity contribution >= 4 is 15.9 Å². The summed E-state index contributed by atoms with van der Waals surface area (Å²) < 4.78 is 5.62. The van der Waals surface area contributed by atoms with E-state index in [4.69, 9.17) is 4.52 Å². The summed E-state index contributed by atoms with van der Waals surface area (Å²) in [5, 5.41) is 3.94. The first kappa shape index (κ1) is 9.46. The predicted molar refractivity (Wildman–Crippen MR) is 59.0 cm³/mol. The molecule has 1 heterocycles. The van der Waals surface area contributed by atoms with Gasteiger partial charge in [0.15, 0.2) is 0 Å². The molecule has 0 fully saturated rings. The molecule has 0 amide bonds. The molecule has 14 heavy (non-hydrogen) atoms. The Morgan fingerprint density at radius 3 is 2.86 bits per heavy atom. The van der Waals surface area contributed by atoms with Gasteiger partial charge in [-0.3, -0.25) is 0 Å². The van der Waals surface area contributed by atoms with E-state index in [1.165, 1.54) is 5.56 Å². The minimum Gasteiger partial charge on any atom is -0.349 e. The maximum Gasteiger partial charge on any atom is 0.202 e. The molecule has 0 aliphatic heterocycles. The number of hydrogen-bond donors (Lipinski definition) is 0.